The average molecular weight is 177 g/mol. The lowest BCUT2D eigenvalue weighted by Gasteiger charge is -1.98. The molecule has 0 saturated heterocycles. The van der Waals surface area contributed by atoms with E-state index in [1.165, 1.54) is 10.7 Å². The number of terminal acetylenes is 1. The number of hydrogen-bond acceptors (Lipinski definition) is 3. The molecule has 1 aromatic heterocycles. The Hall–Kier alpha value is -1.63. The molecular weight excluding hydrogens is 166 g/mol. The number of aryl methyl sites for hydroxylation is 1. The van der Waals surface area contributed by atoms with Crippen LogP contribution in [0.1, 0.15) is 19.0 Å². The summed E-state index contributed by atoms with van der Waals surface area (Å²) in [7, 11) is 0. The second kappa shape index (κ2) is 4.41. The molecule has 1 aromatic rings. The van der Waals surface area contributed by atoms with Gasteiger partial charge in [-0.05, 0) is 6.42 Å². The van der Waals surface area contributed by atoms with Crippen LogP contribution in [-0.4, -0.2) is 15.0 Å². The first-order valence-electron chi connectivity index (χ1n) is 4.15. The standard InChI is InChI=1S/C9H11N3O/c1-3-5-8-7-9(13)12(6-4-2)11-10-8/h2,7H,3,5-6H2,1H3. The third kappa shape index (κ3) is 2.41. The van der Waals surface area contributed by atoms with Crippen LogP contribution < -0.4 is 5.56 Å². The molecule has 68 valence electrons. The van der Waals surface area contributed by atoms with Gasteiger partial charge in [-0.3, -0.25) is 4.79 Å². The summed E-state index contributed by atoms with van der Waals surface area (Å²) < 4.78 is 1.17. The summed E-state index contributed by atoms with van der Waals surface area (Å²) in [5.74, 6) is 2.34. The van der Waals surface area contributed by atoms with Crippen molar-refractivity contribution in [2.45, 2.75) is 26.3 Å². The highest BCUT2D eigenvalue weighted by Gasteiger charge is 1.98. The molecule has 4 heteroatoms. The maximum Gasteiger partial charge on any atom is 0.270 e. The molecular formula is C9H11N3O. The molecule has 1 rings (SSSR count). The van der Waals surface area contributed by atoms with Crippen molar-refractivity contribution in [2.24, 2.45) is 0 Å². The van der Waals surface area contributed by atoms with E-state index in [1.54, 1.807) is 0 Å². The highest BCUT2D eigenvalue weighted by Crippen LogP contribution is 1.92. The Balaban J connectivity index is 2.93. The van der Waals surface area contributed by atoms with E-state index in [0.29, 0.717) is 0 Å². The van der Waals surface area contributed by atoms with Gasteiger partial charge in [0.1, 0.15) is 6.54 Å². The predicted molar refractivity (Wildman–Crippen MR) is 49.1 cm³/mol. The van der Waals surface area contributed by atoms with Crippen molar-refractivity contribution in [1.29, 1.82) is 0 Å². The van der Waals surface area contributed by atoms with Crippen LogP contribution in [0, 0.1) is 12.3 Å². The van der Waals surface area contributed by atoms with E-state index in [9.17, 15) is 4.79 Å². The van der Waals surface area contributed by atoms with Crippen LogP contribution in [0.3, 0.4) is 0 Å². The quantitative estimate of drug-likeness (QED) is 0.621. The van der Waals surface area contributed by atoms with Crippen LogP contribution in [0.2, 0.25) is 0 Å². The SMILES string of the molecule is C#CCn1nnc(CCC)cc1=O. The minimum absolute atomic E-state index is 0.179. The van der Waals surface area contributed by atoms with Crippen LogP contribution >= 0.6 is 0 Å². The molecule has 0 atom stereocenters. The first-order valence-corrected chi connectivity index (χ1v) is 4.15. The molecule has 0 aliphatic heterocycles. The Morgan fingerprint density at radius 1 is 1.69 bits per heavy atom. The molecule has 0 radical (unpaired) electrons. The highest BCUT2D eigenvalue weighted by atomic mass is 16.1. The van der Waals surface area contributed by atoms with Gasteiger partial charge in [-0.2, -0.15) is 4.68 Å². The lowest BCUT2D eigenvalue weighted by Crippen LogP contribution is -2.23. The average Bonchev–Trinajstić information content (AvgIpc) is 2.10. The summed E-state index contributed by atoms with van der Waals surface area (Å²) >= 11 is 0. The molecule has 0 aliphatic carbocycles. The summed E-state index contributed by atoms with van der Waals surface area (Å²) in [6.45, 7) is 2.20. The Bertz CT molecular complexity index is 375. The van der Waals surface area contributed by atoms with E-state index < -0.39 is 0 Å². The van der Waals surface area contributed by atoms with Gasteiger partial charge in [-0.15, -0.1) is 11.5 Å². The lowest BCUT2D eigenvalue weighted by molar-refractivity contribution is 0.589. The predicted octanol–water partition coefficient (Wildman–Crippen LogP) is 0.224. The zero-order valence-electron chi connectivity index (χ0n) is 7.53. The van der Waals surface area contributed by atoms with E-state index in [-0.39, 0.29) is 12.1 Å². The van der Waals surface area contributed by atoms with Crippen LogP contribution in [0.4, 0.5) is 0 Å². The second-order valence-corrected chi connectivity index (χ2v) is 2.68. The molecule has 0 saturated carbocycles. The number of hydrogen-bond donors (Lipinski definition) is 0. The van der Waals surface area contributed by atoms with Crippen molar-refractivity contribution in [3.8, 4) is 12.3 Å². The molecule has 0 amide bonds. The fourth-order valence-electron chi connectivity index (χ4n) is 0.976. The van der Waals surface area contributed by atoms with Crippen molar-refractivity contribution in [2.75, 3.05) is 0 Å². The van der Waals surface area contributed by atoms with Crippen molar-refractivity contribution in [3.63, 3.8) is 0 Å². The van der Waals surface area contributed by atoms with Crippen molar-refractivity contribution in [3.05, 3.63) is 22.1 Å². The van der Waals surface area contributed by atoms with E-state index in [2.05, 4.69) is 16.2 Å². The Labute approximate surface area is 76.6 Å². The van der Waals surface area contributed by atoms with Gasteiger partial charge in [0.25, 0.3) is 5.56 Å². The molecule has 0 aromatic carbocycles. The first-order chi connectivity index (χ1) is 6.27. The number of rotatable bonds is 3. The molecule has 0 fully saturated rings. The van der Waals surface area contributed by atoms with Crippen molar-refractivity contribution >= 4 is 0 Å². The highest BCUT2D eigenvalue weighted by molar-refractivity contribution is 4.97. The zero-order valence-corrected chi connectivity index (χ0v) is 7.53. The second-order valence-electron chi connectivity index (χ2n) is 2.68. The third-order valence-electron chi connectivity index (χ3n) is 1.57. The van der Waals surface area contributed by atoms with Gasteiger partial charge in [0.15, 0.2) is 0 Å². The maximum atomic E-state index is 11.3. The minimum atomic E-state index is -0.184. The normalized spacial score (nSPS) is 9.54. The van der Waals surface area contributed by atoms with Gasteiger partial charge < -0.3 is 0 Å². The van der Waals surface area contributed by atoms with Gasteiger partial charge in [-0.25, -0.2) is 0 Å². The molecule has 13 heavy (non-hydrogen) atoms. The Morgan fingerprint density at radius 3 is 3.00 bits per heavy atom. The Kier molecular flexibility index (Phi) is 3.21. The van der Waals surface area contributed by atoms with E-state index in [0.717, 1.165) is 18.5 Å². The minimum Gasteiger partial charge on any atom is -0.268 e. The number of nitrogens with zero attached hydrogens (tertiary/aromatic N) is 3. The molecule has 4 nitrogen and oxygen atoms in total. The summed E-state index contributed by atoms with van der Waals surface area (Å²) in [6.07, 6.45) is 6.78. The largest absolute Gasteiger partial charge is 0.270 e. The summed E-state index contributed by atoms with van der Waals surface area (Å²) in [6, 6.07) is 1.48. The molecule has 0 bridgehead atoms. The van der Waals surface area contributed by atoms with E-state index in [4.69, 9.17) is 6.42 Å². The van der Waals surface area contributed by atoms with E-state index in [1.807, 2.05) is 6.92 Å². The molecule has 0 aliphatic rings. The lowest BCUT2D eigenvalue weighted by atomic mass is 10.2. The first kappa shape index (κ1) is 9.46. The van der Waals surface area contributed by atoms with Crippen molar-refractivity contribution < 1.29 is 0 Å². The summed E-state index contributed by atoms with van der Waals surface area (Å²) in [4.78, 5) is 11.3. The molecule has 0 N–H and O–H groups in total. The van der Waals surface area contributed by atoms with Gasteiger partial charge >= 0.3 is 0 Å². The fraction of sp³-hybridized carbons (Fsp3) is 0.444. The van der Waals surface area contributed by atoms with Crippen LogP contribution in [-0.2, 0) is 13.0 Å². The third-order valence-corrected chi connectivity index (χ3v) is 1.57. The topological polar surface area (TPSA) is 47.8 Å². The van der Waals surface area contributed by atoms with Gasteiger partial charge in [-0.1, -0.05) is 24.5 Å². The summed E-state index contributed by atoms with van der Waals surface area (Å²) in [5, 5.41) is 7.56. The zero-order chi connectivity index (χ0) is 9.68. The van der Waals surface area contributed by atoms with Crippen LogP contribution in [0.5, 0.6) is 0 Å². The molecule has 0 spiro atoms. The number of aromatic nitrogens is 3. The smallest absolute Gasteiger partial charge is 0.268 e. The Morgan fingerprint density at radius 2 is 2.46 bits per heavy atom. The van der Waals surface area contributed by atoms with Gasteiger partial charge in [0.05, 0.1) is 5.69 Å². The maximum absolute atomic E-state index is 11.3. The summed E-state index contributed by atoms with van der Waals surface area (Å²) in [5.41, 5.74) is 0.539. The monoisotopic (exact) mass is 177 g/mol. The van der Waals surface area contributed by atoms with E-state index >= 15 is 0 Å². The molecule has 0 unspecified atom stereocenters. The fourth-order valence-corrected chi connectivity index (χ4v) is 0.976. The van der Waals surface area contributed by atoms with Gasteiger partial charge in [0.2, 0.25) is 0 Å². The molecule has 1 heterocycles. The van der Waals surface area contributed by atoms with Crippen molar-refractivity contribution in [1.82, 2.24) is 15.0 Å². The van der Waals surface area contributed by atoms with Gasteiger partial charge in [0, 0.05) is 6.07 Å². The van der Waals surface area contributed by atoms with Crippen LogP contribution in [0.25, 0.3) is 0 Å². The van der Waals surface area contributed by atoms with Crippen LogP contribution in [0.15, 0.2) is 10.9 Å².